The van der Waals surface area contributed by atoms with E-state index in [0.717, 1.165) is 11.7 Å². The van der Waals surface area contributed by atoms with Crippen LogP contribution in [0, 0.1) is 11.8 Å². The maximum absolute atomic E-state index is 12.0. The smallest absolute Gasteiger partial charge is 0.306 e. The Balaban J connectivity index is 1.62. The highest BCUT2D eigenvalue weighted by Gasteiger charge is 2.26. The molecule has 2 aliphatic rings. The predicted octanol–water partition coefficient (Wildman–Crippen LogP) is 2.23. The second kappa shape index (κ2) is 7.17. The van der Waals surface area contributed by atoms with Gasteiger partial charge in [-0.15, -0.1) is 0 Å². The quantitative estimate of drug-likeness (QED) is 0.841. The van der Waals surface area contributed by atoms with Crippen molar-refractivity contribution in [2.24, 2.45) is 11.8 Å². The van der Waals surface area contributed by atoms with Crippen LogP contribution in [0.3, 0.4) is 0 Å². The highest BCUT2D eigenvalue weighted by molar-refractivity contribution is 7.99. The average molecular weight is 285 g/mol. The van der Waals surface area contributed by atoms with Crippen molar-refractivity contribution in [2.75, 3.05) is 24.6 Å². The molecule has 2 rings (SSSR count). The van der Waals surface area contributed by atoms with E-state index in [1.807, 2.05) is 4.90 Å². The molecular weight excluding hydrogens is 262 g/mol. The SMILES string of the molecule is O=C(O)C1CCN(C(=O)CSCC2CCCC2)CC1. The summed E-state index contributed by atoms with van der Waals surface area (Å²) in [6.07, 6.45) is 6.56. The number of nitrogens with zero attached hydrogens (tertiary/aromatic N) is 1. The standard InChI is InChI=1S/C14H23NO3S/c16-13(10-19-9-11-3-1-2-4-11)15-7-5-12(6-8-15)14(17)18/h11-12H,1-10H2,(H,17,18). The number of hydrogen-bond acceptors (Lipinski definition) is 3. The second-order valence-electron chi connectivity index (χ2n) is 5.66. The van der Waals surface area contributed by atoms with Crippen LogP contribution in [0.4, 0.5) is 0 Å². The van der Waals surface area contributed by atoms with E-state index in [9.17, 15) is 9.59 Å². The third-order valence-electron chi connectivity index (χ3n) is 4.25. The summed E-state index contributed by atoms with van der Waals surface area (Å²) in [6, 6.07) is 0. The van der Waals surface area contributed by atoms with Crippen molar-refractivity contribution in [3.8, 4) is 0 Å². The number of likely N-dealkylation sites (tertiary alicyclic amines) is 1. The topological polar surface area (TPSA) is 57.6 Å². The van der Waals surface area contributed by atoms with Crippen LogP contribution < -0.4 is 0 Å². The molecule has 0 bridgehead atoms. The normalized spacial score (nSPS) is 21.8. The fourth-order valence-electron chi connectivity index (χ4n) is 2.96. The van der Waals surface area contributed by atoms with Crippen LogP contribution >= 0.6 is 11.8 Å². The number of carbonyl (C=O) groups is 2. The number of piperidine rings is 1. The van der Waals surface area contributed by atoms with Crippen molar-refractivity contribution in [1.29, 1.82) is 0 Å². The van der Waals surface area contributed by atoms with E-state index in [1.165, 1.54) is 25.7 Å². The lowest BCUT2D eigenvalue weighted by molar-refractivity contribution is -0.145. The summed E-state index contributed by atoms with van der Waals surface area (Å²) in [7, 11) is 0. The van der Waals surface area contributed by atoms with E-state index in [1.54, 1.807) is 11.8 Å². The monoisotopic (exact) mass is 285 g/mol. The molecule has 0 spiro atoms. The summed E-state index contributed by atoms with van der Waals surface area (Å²) in [4.78, 5) is 24.7. The number of carboxylic acid groups (broad SMARTS) is 1. The van der Waals surface area contributed by atoms with Gasteiger partial charge in [-0.25, -0.2) is 0 Å². The zero-order valence-electron chi connectivity index (χ0n) is 11.3. The Hall–Kier alpha value is -0.710. The van der Waals surface area contributed by atoms with E-state index in [0.29, 0.717) is 31.7 Å². The Kier molecular flexibility index (Phi) is 5.55. The van der Waals surface area contributed by atoms with Crippen LogP contribution in [0.25, 0.3) is 0 Å². The molecule has 0 aromatic rings. The Bertz CT molecular complexity index is 321. The number of amides is 1. The van der Waals surface area contributed by atoms with Gasteiger partial charge >= 0.3 is 5.97 Å². The van der Waals surface area contributed by atoms with Crippen LogP contribution in [0.1, 0.15) is 38.5 Å². The molecule has 1 amide bonds. The van der Waals surface area contributed by atoms with Gasteiger partial charge in [-0.05, 0) is 37.4 Å². The maximum Gasteiger partial charge on any atom is 0.306 e. The van der Waals surface area contributed by atoms with E-state index < -0.39 is 5.97 Å². The molecule has 5 heteroatoms. The summed E-state index contributed by atoms with van der Waals surface area (Å²) < 4.78 is 0. The predicted molar refractivity (Wildman–Crippen MR) is 76.2 cm³/mol. The largest absolute Gasteiger partial charge is 0.481 e. The van der Waals surface area contributed by atoms with Gasteiger partial charge in [0.25, 0.3) is 0 Å². The van der Waals surface area contributed by atoms with E-state index in [2.05, 4.69) is 0 Å². The number of hydrogen-bond donors (Lipinski definition) is 1. The first-order valence-corrected chi connectivity index (χ1v) is 8.40. The van der Waals surface area contributed by atoms with Gasteiger partial charge in [0.2, 0.25) is 5.91 Å². The van der Waals surface area contributed by atoms with Crippen molar-refractivity contribution in [2.45, 2.75) is 38.5 Å². The molecule has 0 radical (unpaired) electrons. The van der Waals surface area contributed by atoms with Gasteiger partial charge < -0.3 is 10.0 Å². The van der Waals surface area contributed by atoms with Crippen LogP contribution in [-0.2, 0) is 9.59 Å². The summed E-state index contributed by atoms with van der Waals surface area (Å²) in [5, 5.41) is 8.92. The zero-order chi connectivity index (χ0) is 13.7. The summed E-state index contributed by atoms with van der Waals surface area (Å²) >= 11 is 1.75. The molecule has 2 fully saturated rings. The third kappa shape index (κ3) is 4.41. The summed E-state index contributed by atoms with van der Waals surface area (Å²) in [6.45, 7) is 1.22. The molecule has 1 heterocycles. The molecule has 1 aliphatic carbocycles. The first kappa shape index (κ1) is 14.7. The fourth-order valence-corrected chi connectivity index (χ4v) is 4.10. The lowest BCUT2D eigenvalue weighted by Crippen LogP contribution is -2.41. The molecule has 0 atom stereocenters. The summed E-state index contributed by atoms with van der Waals surface area (Å²) in [5.41, 5.74) is 0. The van der Waals surface area contributed by atoms with Crippen molar-refractivity contribution in [1.82, 2.24) is 4.90 Å². The van der Waals surface area contributed by atoms with Gasteiger partial charge in [-0.3, -0.25) is 9.59 Å². The highest BCUT2D eigenvalue weighted by Crippen LogP contribution is 2.28. The van der Waals surface area contributed by atoms with Crippen LogP contribution in [0.2, 0.25) is 0 Å². The van der Waals surface area contributed by atoms with Gasteiger partial charge in [0.05, 0.1) is 11.7 Å². The Morgan fingerprint density at radius 3 is 2.32 bits per heavy atom. The molecule has 1 N–H and O–H groups in total. The Morgan fingerprint density at radius 2 is 1.74 bits per heavy atom. The van der Waals surface area contributed by atoms with Crippen molar-refractivity contribution in [3.05, 3.63) is 0 Å². The summed E-state index contributed by atoms with van der Waals surface area (Å²) in [5.74, 6) is 1.70. The maximum atomic E-state index is 12.0. The van der Waals surface area contributed by atoms with Gasteiger partial charge in [0, 0.05) is 13.1 Å². The molecule has 0 unspecified atom stereocenters. The van der Waals surface area contributed by atoms with Gasteiger partial charge in [-0.2, -0.15) is 11.8 Å². The number of thioether (sulfide) groups is 1. The van der Waals surface area contributed by atoms with Gasteiger partial charge in [-0.1, -0.05) is 12.8 Å². The van der Waals surface area contributed by atoms with Gasteiger partial charge in [0.1, 0.15) is 0 Å². The lowest BCUT2D eigenvalue weighted by Gasteiger charge is -2.30. The average Bonchev–Trinajstić information content (AvgIpc) is 2.92. The van der Waals surface area contributed by atoms with E-state index in [-0.39, 0.29) is 11.8 Å². The first-order chi connectivity index (χ1) is 9.16. The number of rotatable bonds is 5. The molecule has 0 aromatic carbocycles. The number of carboxylic acids is 1. The Morgan fingerprint density at radius 1 is 1.11 bits per heavy atom. The van der Waals surface area contributed by atoms with Crippen LogP contribution in [0.5, 0.6) is 0 Å². The lowest BCUT2D eigenvalue weighted by atomic mass is 9.97. The number of carbonyl (C=O) groups excluding carboxylic acids is 1. The minimum Gasteiger partial charge on any atom is -0.481 e. The molecule has 0 aromatic heterocycles. The highest BCUT2D eigenvalue weighted by atomic mass is 32.2. The number of aliphatic carboxylic acids is 1. The zero-order valence-corrected chi connectivity index (χ0v) is 12.2. The van der Waals surface area contributed by atoms with Crippen molar-refractivity contribution >= 4 is 23.6 Å². The van der Waals surface area contributed by atoms with Crippen molar-refractivity contribution in [3.63, 3.8) is 0 Å². The van der Waals surface area contributed by atoms with Gasteiger partial charge in [0.15, 0.2) is 0 Å². The molecule has 108 valence electrons. The van der Waals surface area contributed by atoms with E-state index >= 15 is 0 Å². The van der Waals surface area contributed by atoms with Crippen molar-refractivity contribution < 1.29 is 14.7 Å². The molecule has 19 heavy (non-hydrogen) atoms. The minimum atomic E-state index is -0.720. The second-order valence-corrected chi connectivity index (χ2v) is 6.69. The van der Waals surface area contributed by atoms with E-state index in [4.69, 9.17) is 5.11 Å². The molecule has 1 aliphatic heterocycles. The molecular formula is C14H23NO3S. The minimum absolute atomic E-state index is 0.187. The molecule has 4 nitrogen and oxygen atoms in total. The molecule has 1 saturated carbocycles. The molecule has 1 saturated heterocycles. The van der Waals surface area contributed by atoms with Crippen LogP contribution in [-0.4, -0.2) is 46.5 Å². The Labute approximate surface area is 118 Å². The third-order valence-corrected chi connectivity index (χ3v) is 5.41. The fraction of sp³-hybridized carbons (Fsp3) is 0.857. The first-order valence-electron chi connectivity index (χ1n) is 7.25. The van der Waals surface area contributed by atoms with Crippen LogP contribution in [0.15, 0.2) is 0 Å².